The molecular formula is C17H22N2S. The van der Waals surface area contributed by atoms with Crippen LogP contribution in [0, 0.1) is 20.8 Å². The fraction of sp³-hybridized carbons (Fsp3) is 0.294. The minimum absolute atomic E-state index is 0.0326. The summed E-state index contributed by atoms with van der Waals surface area (Å²) in [6.45, 7) is 6.43. The molecular weight excluding hydrogens is 264 g/mol. The first kappa shape index (κ1) is 15.1. The average Bonchev–Trinajstić information content (AvgIpc) is 2.46. The van der Waals surface area contributed by atoms with Crippen LogP contribution in [0.1, 0.15) is 33.9 Å². The van der Waals surface area contributed by atoms with Crippen LogP contribution in [-0.2, 0) is 0 Å². The van der Waals surface area contributed by atoms with Crippen LogP contribution in [0.15, 0.2) is 41.3 Å². The molecule has 20 heavy (non-hydrogen) atoms. The molecule has 0 radical (unpaired) electrons. The molecule has 0 aliphatic carbocycles. The maximum Gasteiger partial charge on any atom is 0.0712 e. The molecule has 2 nitrogen and oxygen atoms in total. The van der Waals surface area contributed by atoms with Gasteiger partial charge in [-0.3, -0.25) is 5.84 Å². The summed E-state index contributed by atoms with van der Waals surface area (Å²) in [7, 11) is 0. The van der Waals surface area contributed by atoms with Crippen LogP contribution in [0.3, 0.4) is 0 Å². The van der Waals surface area contributed by atoms with E-state index in [1.165, 1.54) is 32.7 Å². The number of hydrogen-bond donors (Lipinski definition) is 2. The minimum atomic E-state index is 0.0326. The van der Waals surface area contributed by atoms with Gasteiger partial charge in [0.1, 0.15) is 0 Å². The van der Waals surface area contributed by atoms with E-state index in [-0.39, 0.29) is 6.04 Å². The van der Waals surface area contributed by atoms with Crippen LogP contribution < -0.4 is 11.3 Å². The number of benzene rings is 2. The Hall–Kier alpha value is -1.29. The molecule has 0 saturated carbocycles. The molecule has 0 spiro atoms. The molecule has 0 aromatic heterocycles. The number of hydrogen-bond acceptors (Lipinski definition) is 3. The molecule has 0 heterocycles. The number of thioether (sulfide) groups is 1. The normalized spacial score (nSPS) is 12.4. The van der Waals surface area contributed by atoms with Crippen molar-refractivity contribution in [1.29, 1.82) is 0 Å². The molecule has 3 heteroatoms. The van der Waals surface area contributed by atoms with Crippen molar-refractivity contribution in [3.8, 4) is 0 Å². The van der Waals surface area contributed by atoms with Crippen molar-refractivity contribution in [1.82, 2.24) is 5.43 Å². The second-order valence-electron chi connectivity index (χ2n) is 5.17. The third kappa shape index (κ3) is 3.06. The van der Waals surface area contributed by atoms with Gasteiger partial charge in [0.15, 0.2) is 0 Å². The summed E-state index contributed by atoms with van der Waals surface area (Å²) in [5.41, 5.74) is 9.27. The second kappa shape index (κ2) is 6.44. The van der Waals surface area contributed by atoms with Gasteiger partial charge in [0.25, 0.3) is 0 Å². The molecule has 2 rings (SSSR count). The van der Waals surface area contributed by atoms with Crippen molar-refractivity contribution < 1.29 is 0 Å². The lowest BCUT2D eigenvalue weighted by Gasteiger charge is -2.21. The lowest BCUT2D eigenvalue weighted by molar-refractivity contribution is 0.632. The third-order valence-electron chi connectivity index (χ3n) is 3.81. The molecule has 0 aliphatic heterocycles. The molecule has 0 bridgehead atoms. The highest BCUT2D eigenvalue weighted by Crippen LogP contribution is 2.28. The Bertz CT molecular complexity index is 591. The number of hydrazine groups is 1. The van der Waals surface area contributed by atoms with Crippen LogP contribution in [-0.4, -0.2) is 6.26 Å². The third-order valence-corrected chi connectivity index (χ3v) is 4.55. The van der Waals surface area contributed by atoms with Crippen molar-refractivity contribution >= 4 is 11.8 Å². The zero-order valence-corrected chi connectivity index (χ0v) is 13.3. The summed E-state index contributed by atoms with van der Waals surface area (Å²) in [6, 6.07) is 13.1. The van der Waals surface area contributed by atoms with Crippen molar-refractivity contribution in [2.24, 2.45) is 5.84 Å². The van der Waals surface area contributed by atoms with Gasteiger partial charge >= 0.3 is 0 Å². The van der Waals surface area contributed by atoms with Gasteiger partial charge in [-0.2, -0.15) is 0 Å². The van der Waals surface area contributed by atoms with Crippen molar-refractivity contribution in [3.63, 3.8) is 0 Å². The Kier molecular flexibility index (Phi) is 4.86. The molecule has 0 fully saturated rings. The topological polar surface area (TPSA) is 38.0 Å². The van der Waals surface area contributed by atoms with E-state index < -0.39 is 0 Å². The van der Waals surface area contributed by atoms with Crippen LogP contribution >= 0.6 is 11.8 Å². The molecule has 1 atom stereocenters. The smallest absolute Gasteiger partial charge is 0.0712 e. The number of nitrogens with one attached hydrogen (secondary N) is 1. The molecule has 0 saturated heterocycles. The summed E-state index contributed by atoms with van der Waals surface area (Å²) < 4.78 is 0. The van der Waals surface area contributed by atoms with Gasteiger partial charge in [-0.1, -0.05) is 24.3 Å². The number of rotatable bonds is 4. The van der Waals surface area contributed by atoms with E-state index >= 15 is 0 Å². The van der Waals surface area contributed by atoms with Crippen molar-refractivity contribution in [3.05, 3.63) is 64.2 Å². The maximum atomic E-state index is 5.81. The molecule has 2 aromatic carbocycles. The second-order valence-corrected chi connectivity index (χ2v) is 6.05. The molecule has 3 N–H and O–H groups in total. The SMILES string of the molecule is CSc1ccc(C(NN)c2cc(C)c(C)cc2C)cc1. The summed E-state index contributed by atoms with van der Waals surface area (Å²) in [6.07, 6.45) is 2.08. The summed E-state index contributed by atoms with van der Waals surface area (Å²) >= 11 is 1.75. The molecule has 0 aliphatic rings. The lowest BCUT2D eigenvalue weighted by Crippen LogP contribution is -2.29. The Labute approximate surface area is 125 Å². The number of aryl methyl sites for hydroxylation is 3. The Morgan fingerprint density at radius 3 is 2.10 bits per heavy atom. The Morgan fingerprint density at radius 1 is 0.950 bits per heavy atom. The van der Waals surface area contributed by atoms with Crippen molar-refractivity contribution in [2.45, 2.75) is 31.7 Å². The van der Waals surface area contributed by atoms with Gasteiger partial charge in [-0.25, -0.2) is 5.43 Å². The summed E-state index contributed by atoms with van der Waals surface area (Å²) in [5, 5.41) is 0. The van der Waals surface area contributed by atoms with Gasteiger partial charge < -0.3 is 0 Å². The number of nitrogens with two attached hydrogens (primary N) is 1. The maximum absolute atomic E-state index is 5.81. The zero-order chi connectivity index (χ0) is 14.7. The van der Waals surface area contributed by atoms with Crippen LogP contribution in [0.5, 0.6) is 0 Å². The minimum Gasteiger partial charge on any atom is -0.271 e. The molecule has 0 amide bonds. The average molecular weight is 286 g/mol. The van der Waals surface area contributed by atoms with E-state index in [1.54, 1.807) is 11.8 Å². The predicted molar refractivity (Wildman–Crippen MR) is 88.0 cm³/mol. The van der Waals surface area contributed by atoms with E-state index in [2.05, 4.69) is 68.9 Å². The highest BCUT2D eigenvalue weighted by atomic mass is 32.2. The van der Waals surface area contributed by atoms with E-state index in [9.17, 15) is 0 Å². The fourth-order valence-electron chi connectivity index (χ4n) is 2.46. The first-order chi connectivity index (χ1) is 9.56. The molecule has 1 unspecified atom stereocenters. The highest BCUT2D eigenvalue weighted by molar-refractivity contribution is 7.98. The van der Waals surface area contributed by atoms with E-state index in [4.69, 9.17) is 5.84 Å². The summed E-state index contributed by atoms with van der Waals surface area (Å²) in [4.78, 5) is 1.27. The Balaban J connectivity index is 2.43. The van der Waals surface area contributed by atoms with Crippen LogP contribution in [0.4, 0.5) is 0 Å². The first-order valence-corrected chi connectivity index (χ1v) is 7.97. The van der Waals surface area contributed by atoms with E-state index in [0.717, 1.165) is 0 Å². The monoisotopic (exact) mass is 286 g/mol. The van der Waals surface area contributed by atoms with E-state index in [0.29, 0.717) is 0 Å². The van der Waals surface area contributed by atoms with Crippen LogP contribution in [0.2, 0.25) is 0 Å². The highest BCUT2D eigenvalue weighted by Gasteiger charge is 2.15. The van der Waals surface area contributed by atoms with Crippen LogP contribution in [0.25, 0.3) is 0 Å². The van der Waals surface area contributed by atoms with Gasteiger partial charge in [0.2, 0.25) is 0 Å². The standard InChI is InChI=1S/C17H22N2S/c1-11-9-13(3)16(10-12(11)2)17(19-18)14-5-7-15(20-4)8-6-14/h5-10,17,19H,18H2,1-4H3. The zero-order valence-electron chi connectivity index (χ0n) is 12.5. The van der Waals surface area contributed by atoms with E-state index in [1.807, 2.05) is 0 Å². The first-order valence-electron chi connectivity index (χ1n) is 6.74. The van der Waals surface area contributed by atoms with Gasteiger partial charge in [0.05, 0.1) is 6.04 Å². The summed E-state index contributed by atoms with van der Waals surface area (Å²) in [5.74, 6) is 5.81. The lowest BCUT2D eigenvalue weighted by atomic mass is 9.92. The molecule has 106 valence electrons. The quantitative estimate of drug-likeness (QED) is 0.509. The van der Waals surface area contributed by atoms with Gasteiger partial charge in [-0.15, -0.1) is 11.8 Å². The van der Waals surface area contributed by atoms with Crippen molar-refractivity contribution in [2.75, 3.05) is 6.26 Å². The fourth-order valence-corrected chi connectivity index (χ4v) is 2.86. The Morgan fingerprint density at radius 2 is 1.55 bits per heavy atom. The largest absolute Gasteiger partial charge is 0.271 e. The predicted octanol–water partition coefficient (Wildman–Crippen LogP) is 3.89. The molecule has 2 aromatic rings. The van der Waals surface area contributed by atoms with Gasteiger partial charge in [-0.05, 0) is 67.0 Å². The van der Waals surface area contributed by atoms with Gasteiger partial charge in [0, 0.05) is 4.90 Å².